The zero-order valence-electron chi connectivity index (χ0n) is 16.5. The van der Waals surface area contributed by atoms with Crippen molar-refractivity contribution in [1.29, 1.82) is 0 Å². The van der Waals surface area contributed by atoms with Gasteiger partial charge in [-0.15, -0.1) is 0 Å². The Morgan fingerprint density at radius 3 is 2.52 bits per heavy atom. The van der Waals surface area contributed by atoms with Gasteiger partial charge in [0, 0.05) is 11.3 Å². The molecular formula is C24H17FN4O2. The van der Waals surface area contributed by atoms with E-state index in [2.05, 4.69) is 15.4 Å². The van der Waals surface area contributed by atoms with Crippen molar-refractivity contribution in [3.63, 3.8) is 0 Å². The zero-order chi connectivity index (χ0) is 21.4. The monoisotopic (exact) mass is 412 g/mol. The van der Waals surface area contributed by atoms with Gasteiger partial charge in [-0.1, -0.05) is 24.3 Å². The Bertz CT molecular complexity index is 1370. The molecule has 0 bridgehead atoms. The van der Waals surface area contributed by atoms with E-state index >= 15 is 0 Å². The molecule has 1 N–H and O–H groups in total. The number of fused-ring (bicyclic) bond motifs is 1. The molecule has 0 aliphatic rings. The topological polar surface area (TPSA) is 73.0 Å². The molecule has 152 valence electrons. The van der Waals surface area contributed by atoms with Crippen molar-refractivity contribution >= 4 is 22.7 Å². The van der Waals surface area contributed by atoms with E-state index in [1.54, 1.807) is 37.3 Å². The van der Waals surface area contributed by atoms with Crippen LogP contribution in [0.4, 0.5) is 10.1 Å². The van der Waals surface area contributed by atoms with Crippen molar-refractivity contribution in [2.45, 2.75) is 6.92 Å². The van der Waals surface area contributed by atoms with Crippen molar-refractivity contribution in [2.75, 3.05) is 5.32 Å². The summed E-state index contributed by atoms with van der Waals surface area (Å²) in [5.41, 5.74) is 4.13. The molecule has 7 heteroatoms. The van der Waals surface area contributed by atoms with Gasteiger partial charge in [-0.3, -0.25) is 4.79 Å². The van der Waals surface area contributed by atoms with E-state index in [9.17, 15) is 9.18 Å². The summed E-state index contributed by atoms with van der Waals surface area (Å²) >= 11 is 0. The first kappa shape index (κ1) is 18.7. The van der Waals surface area contributed by atoms with Gasteiger partial charge >= 0.3 is 0 Å². The van der Waals surface area contributed by atoms with E-state index < -0.39 is 5.82 Å². The first-order valence-corrected chi connectivity index (χ1v) is 9.67. The molecule has 2 aromatic heterocycles. The summed E-state index contributed by atoms with van der Waals surface area (Å²) in [7, 11) is 0. The normalized spacial score (nSPS) is 11.0. The van der Waals surface area contributed by atoms with Crippen molar-refractivity contribution in [3.8, 4) is 17.1 Å². The molecule has 0 radical (unpaired) electrons. The smallest absolute Gasteiger partial charge is 0.259 e. The van der Waals surface area contributed by atoms with Crippen LogP contribution in [0.1, 0.15) is 16.1 Å². The predicted octanol–water partition coefficient (Wildman–Crippen LogP) is 5.38. The van der Waals surface area contributed by atoms with Crippen molar-refractivity contribution in [3.05, 3.63) is 96.1 Å². The van der Waals surface area contributed by atoms with E-state index in [1.807, 2.05) is 36.4 Å². The Morgan fingerprint density at radius 1 is 1.00 bits per heavy atom. The zero-order valence-corrected chi connectivity index (χ0v) is 16.5. The van der Waals surface area contributed by atoms with Crippen LogP contribution in [-0.2, 0) is 0 Å². The SMILES string of the molecule is Cc1c(C(=O)Nc2ccc(-c3nc4ccccc4o3)cc2)cnn1-c1ccccc1F. The first-order chi connectivity index (χ1) is 15.1. The molecule has 5 rings (SSSR count). The second-order valence-corrected chi connectivity index (χ2v) is 7.03. The lowest BCUT2D eigenvalue weighted by Crippen LogP contribution is -2.13. The summed E-state index contributed by atoms with van der Waals surface area (Å²) in [5.74, 6) is -0.216. The van der Waals surface area contributed by atoms with Crippen LogP contribution in [0.5, 0.6) is 0 Å². The quantitative estimate of drug-likeness (QED) is 0.430. The number of aromatic nitrogens is 3. The Hall–Kier alpha value is -4.26. The van der Waals surface area contributed by atoms with Gasteiger partial charge in [-0.2, -0.15) is 5.10 Å². The van der Waals surface area contributed by atoms with Gasteiger partial charge in [0.2, 0.25) is 5.89 Å². The largest absolute Gasteiger partial charge is 0.436 e. The minimum Gasteiger partial charge on any atom is -0.436 e. The highest BCUT2D eigenvalue weighted by atomic mass is 19.1. The number of nitrogens with zero attached hydrogens (tertiary/aromatic N) is 3. The highest BCUT2D eigenvalue weighted by Gasteiger charge is 2.17. The van der Waals surface area contributed by atoms with Crippen molar-refractivity contribution in [2.24, 2.45) is 0 Å². The molecule has 0 unspecified atom stereocenters. The molecule has 5 aromatic rings. The summed E-state index contributed by atoms with van der Waals surface area (Å²) in [4.78, 5) is 17.2. The molecule has 0 aliphatic heterocycles. The number of amides is 1. The molecule has 0 spiro atoms. The second-order valence-electron chi connectivity index (χ2n) is 7.03. The Labute approximate surface area is 177 Å². The Morgan fingerprint density at radius 2 is 1.74 bits per heavy atom. The number of para-hydroxylation sites is 3. The summed E-state index contributed by atoms with van der Waals surface area (Å²) in [5, 5.41) is 7.03. The number of halogens is 1. The molecule has 3 aromatic carbocycles. The van der Waals surface area contributed by atoms with E-state index in [-0.39, 0.29) is 5.91 Å². The number of hydrogen-bond donors (Lipinski definition) is 1. The average molecular weight is 412 g/mol. The third kappa shape index (κ3) is 3.46. The number of benzene rings is 3. The molecule has 0 saturated heterocycles. The average Bonchev–Trinajstić information content (AvgIpc) is 3.38. The van der Waals surface area contributed by atoms with E-state index in [0.29, 0.717) is 28.5 Å². The molecule has 2 heterocycles. The minimum atomic E-state index is -0.407. The summed E-state index contributed by atoms with van der Waals surface area (Å²) in [6.45, 7) is 1.73. The fourth-order valence-corrected chi connectivity index (χ4v) is 3.39. The van der Waals surface area contributed by atoms with E-state index in [1.165, 1.54) is 16.9 Å². The van der Waals surface area contributed by atoms with Gasteiger partial charge in [0.05, 0.1) is 17.5 Å². The molecule has 0 aliphatic carbocycles. The van der Waals surface area contributed by atoms with Crippen LogP contribution in [0.15, 0.2) is 83.4 Å². The number of anilines is 1. The van der Waals surface area contributed by atoms with Crippen LogP contribution in [0.25, 0.3) is 28.2 Å². The van der Waals surface area contributed by atoms with Gasteiger partial charge < -0.3 is 9.73 Å². The lowest BCUT2D eigenvalue weighted by atomic mass is 10.2. The molecular weight excluding hydrogens is 395 g/mol. The molecule has 0 fully saturated rings. The van der Waals surface area contributed by atoms with Gasteiger partial charge in [0.25, 0.3) is 5.91 Å². The van der Waals surface area contributed by atoms with Gasteiger partial charge in [-0.25, -0.2) is 14.1 Å². The maximum absolute atomic E-state index is 14.1. The standard InChI is InChI=1S/C24H17FN4O2/c1-15-18(14-26-29(15)21-8-4-2-6-19(21)25)23(30)27-17-12-10-16(11-13-17)24-28-20-7-3-5-9-22(20)31-24/h2-14H,1H3,(H,27,30). The molecule has 1 amide bonds. The van der Waals surface area contributed by atoms with Gasteiger partial charge in [0.15, 0.2) is 5.58 Å². The number of nitrogens with one attached hydrogen (secondary N) is 1. The predicted molar refractivity (Wildman–Crippen MR) is 116 cm³/mol. The minimum absolute atomic E-state index is 0.293. The highest BCUT2D eigenvalue weighted by molar-refractivity contribution is 6.05. The van der Waals surface area contributed by atoms with Crippen molar-refractivity contribution < 1.29 is 13.6 Å². The number of hydrogen-bond acceptors (Lipinski definition) is 4. The van der Waals surface area contributed by atoms with Crippen LogP contribution in [0.2, 0.25) is 0 Å². The molecule has 0 saturated carbocycles. The fraction of sp³-hybridized carbons (Fsp3) is 0.0417. The molecule has 31 heavy (non-hydrogen) atoms. The van der Waals surface area contributed by atoms with Crippen LogP contribution in [-0.4, -0.2) is 20.7 Å². The van der Waals surface area contributed by atoms with Crippen molar-refractivity contribution in [1.82, 2.24) is 14.8 Å². The Balaban J connectivity index is 1.36. The van der Waals surface area contributed by atoms with Crippen LogP contribution in [0.3, 0.4) is 0 Å². The third-order valence-electron chi connectivity index (χ3n) is 5.02. The number of rotatable bonds is 4. The van der Waals surface area contributed by atoms with Crippen LogP contribution < -0.4 is 5.32 Å². The fourth-order valence-electron chi connectivity index (χ4n) is 3.39. The first-order valence-electron chi connectivity index (χ1n) is 9.67. The highest BCUT2D eigenvalue weighted by Crippen LogP contribution is 2.25. The third-order valence-corrected chi connectivity index (χ3v) is 5.02. The van der Waals surface area contributed by atoms with Crippen LogP contribution >= 0.6 is 0 Å². The Kier molecular flexibility index (Phi) is 4.55. The molecule has 6 nitrogen and oxygen atoms in total. The lowest BCUT2D eigenvalue weighted by molar-refractivity contribution is 0.102. The number of oxazole rings is 1. The maximum Gasteiger partial charge on any atom is 0.259 e. The maximum atomic E-state index is 14.1. The number of carbonyl (C=O) groups is 1. The molecule has 0 atom stereocenters. The van der Waals surface area contributed by atoms with E-state index in [4.69, 9.17) is 4.42 Å². The van der Waals surface area contributed by atoms with Crippen LogP contribution in [0, 0.1) is 12.7 Å². The second kappa shape index (κ2) is 7.53. The van der Waals surface area contributed by atoms with Gasteiger partial charge in [0.1, 0.15) is 17.0 Å². The van der Waals surface area contributed by atoms with E-state index in [0.717, 1.165) is 16.7 Å². The lowest BCUT2D eigenvalue weighted by Gasteiger charge is -2.07. The number of carbonyl (C=O) groups excluding carboxylic acids is 1. The summed E-state index contributed by atoms with van der Waals surface area (Å²) < 4.78 is 21.3. The summed E-state index contributed by atoms with van der Waals surface area (Å²) in [6, 6.07) is 21.1. The summed E-state index contributed by atoms with van der Waals surface area (Å²) in [6.07, 6.45) is 1.43. The van der Waals surface area contributed by atoms with Gasteiger partial charge in [-0.05, 0) is 55.5 Å².